The van der Waals surface area contributed by atoms with Gasteiger partial charge >= 0.3 is 5.97 Å². The minimum absolute atomic E-state index is 0.0301. The maximum atomic E-state index is 12.0. The van der Waals surface area contributed by atoms with Gasteiger partial charge in [-0.3, -0.25) is 4.79 Å². The summed E-state index contributed by atoms with van der Waals surface area (Å²) in [5.41, 5.74) is -2.52. The van der Waals surface area contributed by atoms with E-state index >= 15 is 0 Å². The second-order valence-electron chi connectivity index (χ2n) is 6.11. The fraction of sp³-hybridized carbons (Fsp3) is 0.923. The molecule has 0 amide bonds. The van der Waals surface area contributed by atoms with Crippen molar-refractivity contribution in [3.05, 3.63) is 0 Å². The highest BCUT2D eigenvalue weighted by Crippen LogP contribution is 2.48. The molecule has 0 aromatic carbocycles. The third kappa shape index (κ3) is 2.20. The molecule has 2 atom stereocenters. The molecule has 0 spiro atoms. The monoisotopic (exact) mass is 244 g/mol. The van der Waals surface area contributed by atoms with Crippen LogP contribution >= 0.6 is 0 Å². The molecular formula is C13H24O4. The van der Waals surface area contributed by atoms with E-state index in [2.05, 4.69) is 0 Å². The predicted octanol–water partition coefficient (Wildman–Crippen LogP) is 1.75. The van der Waals surface area contributed by atoms with E-state index in [-0.39, 0.29) is 18.5 Å². The first-order valence-electron chi connectivity index (χ1n) is 6.04. The minimum atomic E-state index is -1.17. The number of aliphatic hydroxyl groups is 1. The lowest BCUT2D eigenvalue weighted by atomic mass is 9.64. The van der Waals surface area contributed by atoms with Gasteiger partial charge in [0.2, 0.25) is 0 Å². The highest BCUT2D eigenvalue weighted by atomic mass is 16.5. The van der Waals surface area contributed by atoms with Crippen molar-refractivity contribution >= 4 is 5.97 Å². The number of esters is 1. The highest BCUT2D eigenvalue weighted by Gasteiger charge is 2.60. The van der Waals surface area contributed by atoms with Crippen molar-refractivity contribution in [1.82, 2.24) is 0 Å². The molecule has 0 saturated carbocycles. The van der Waals surface area contributed by atoms with Gasteiger partial charge in [-0.1, -0.05) is 13.8 Å². The zero-order valence-electron chi connectivity index (χ0n) is 11.7. The number of carbonyl (C=O) groups excluding carboxylic acids is 1. The van der Waals surface area contributed by atoms with E-state index in [0.717, 1.165) is 0 Å². The number of carbonyl (C=O) groups is 1. The first kappa shape index (κ1) is 14.5. The van der Waals surface area contributed by atoms with Gasteiger partial charge in [0, 0.05) is 6.42 Å². The normalized spacial score (nSPS) is 31.3. The zero-order chi connectivity index (χ0) is 13.5. The molecule has 0 radical (unpaired) electrons. The Bertz CT molecular complexity index is 311. The summed E-state index contributed by atoms with van der Waals surface area (Å²) < 4.78 is 10.5. The van der Waals surface area contributed by atoms with Crippen LogP contribution in [0.25, 0.3) is 0 Å². The van der Waals surface area contributed by atoms with Crippen LogP contribution in [0.4, 0.5) is 0 Å². The van der Waals surface area contributed by atoms with Gasteiger partial charge in [-0.15, -0.1) is 0 Å². The van der Waals surface area contributed by atoms with Crippen molar-refractivity contribution in [1.29, 1.82) is 0 Å². The highest BCUT2D eigenvalue weighted by molar-refractivity contribution is 5.78. The Kier molecular flexibility index (Phi) is 3.61. The number of ether oxygens (including phenoxy) is 2. The zero-order valence-corrected chi connectivity index (χ0v) is 11.7. The van der Waals surface area contributed by atoms with Gasteiger partial charge in [-0.05, 0) is 26.7 Å². The smallest absolute Gasteiger partial charge is 0.314 e. The average Bonchev–Trinajstić information content (AvgIpc) is 2.51. The van der Waals surface area contributed by atoms with E-state index in [4.69, 9.17) is 9.47 Å². The Morgan fingerprint density at radius 1 is 1.47 bits per heavy atom. The number of methoxy groups -OCH3 is 1. The van der Waals surface area contributed by atoms with E-state index in [9.17, 15) is 9.90 Å². The van der Waals surface area contributed by atoms with Crippen LogP contribution in [-0.4, -0.2) is 36.0 Å². The van der Waals surface area contributed by atoms with E-state index < -0.39 is 16.6 Å². The lowest BCUT2D eigenvalue weighted by Gasteiger charge is -2.42. The van der Waals surface area contributed by atoms with Gasteiger partial charge in [0.1, 0.15) is 5.60 Å². The summed E-state index contributed by atoms with van der Waals surface area (Å²) in [4.78, 5) is 12.0. The Labute approximate surface area is 103 Å². The van der Waals surface area contributed by atoms with Crippen LogP contribution in [0.1, 0.15) is 41.0 Å². The molecule has 1 aliphatic heterocycles. The molecule has 1 heterocycles. The van der Waals surface area contributed by atoms with E-state index in [1.165, 1.54) is 7.11 Å². The van der Waals surface area contributed by atoms with Crippen LogP contribution in [0, 0.1) is 11.3 Å². The quantitative estimate of drug-likeness (QED) is 0.768. The first-order chi connectivity index (χ1) is 7.59. The largest absolute Gasteiger partial charge is 0.469 e. The number of hydrogen-bond donors (Lipinski definition) is 1. The van der Waals surface area contributed by atoms with Crippen LogP contribution in [0.15, 0.2) is 0 Å². The van der Waals surface area contributed by atoms with Crippen LogP contribution in [0.5, 0.6) is 0 Å². The topological polar surface area (TPSA) is 55.8 Å². The first-order valence-corrected chi connectivity index (χ1v) is 6.04. The van der Waals surface area contributed by atoms with Crippen molar-refractivity contribution in [3.8, 4) is 0 Å². The average molecular weight is 244 g/mol. The fourth-order valence-electron chi connectivity index (χ4n) is 2.63. The van der Waals surface area contributed by atoms with Crippen LogP contribution in [0.3, 0.4) is 0 Å². The van der Waals surface area contributed by atoms with Gasteiger partial charge in [0.15, 0.2) is 0 Å². The van der Waals surface area contributed by atoms with E-state index in [1.807, 2.05) is 27.7 Å². The summed E-state index contributed by atoms with van der Waals surface area (Å²) in [7, 11) is 1.35. The summed E-state index contributed by atoms with van der Waals surface area (Å²) >= 11 is 0. The molecule has 0 bridgehead atoms. The molecule has 2 unspecified atom stereocenters. The molecule has 1 aliphatic rings. The summed E-state index contributed by atoms with van der Waals surface area (Å²) in [6.07, 6.45) is 0.434. The Balaban J connectivity index is 3.13. The molecule has 0 aromatic rings. The standard InChI is InChI=1S/C13H24O4/c1-9(2)12(5,10(14)16-6)13(15)7-11(3,4)17-8-13/h9,15H,7-8H2,1-6H3. The SMILES string of the molecule is COC(=O)C(C)(C(C)C)C1(O)COC(C)(C)C1. The Hall–Kier alpha value is -0.610. The lowest BCUT2D eigenvalue weighted by Crippen LogP contribution is -2.56. The summed E-state index contributed by atoms with van der Waals surface area (Å²) in [5.74, 6) is -0.409. The molecule has 1 saturated heterocycles. The summed E-state index contributed by atoms with van der Waals surface area (Å²) in [5, 5.41) is 10.8. The van der Waals surface area contributed by atoms with Crippen molar-refractivity contribution < 1.29 is 19.4 Å². The van der Waals surface area contributed by atoms with Crippen molar-refractivity contribution in [2.45, 2.75) is 52.2 Å². The van der Waals surface area contributed by atoms with Crippen LogP contribution in [-0.2, 0) is 14.3 Å². The second kappa shape index (κ2) is 4.25. The predicted molar refractivity (Wildman–Crippen MR) is 64.6 cm³/mol. The Morgan fingerprint density at radius 2 is 2.00 bits per heavy atom. The summed E-state index contributed by atoms with van der Waals surface area (Å²) in [6, 6.07) is 0. The fourth-order valence-corrected chi connectivity index (χ4v) is 2.63. The molecule has 4 nitrogen and oxygen atoms in total. The molecule has 1 rings (SSSR count). The third-order valence-electron chi connectivity index (χ3n) is 4.15. The lowest BCUT2D eigenvalue weighted by molar-refractivity contribution is -0.177. The van der Waals surface area contributed by atoms with Gasteiger partial charge in [-0.25, -0.2) is 0 Å². The van der Waals surface area contributed by atoms with Crippen LogP contribution < -0.4 is 0 Å². The van der Waals surface area contributed by atoms with Gasteiger partial charge in [0.25, 0.3) is 0 Å². The maximum absolute atomic E-state index is 12.0. The van der Waals surface area contributed by atoms with E-state index in [1.54, 1.807) is 6.92 Å². The molecule has 1 fully saturated rings. The third-order valence-corrected chi connectivity index (χ3v) is 4.15. The van der Waals surface area contributed by atoms with Gasteiger partial charge < -0.3 is 14.6 Å². The number of rotatable bonds is 3. The molecule has 4 heteroatoms. The van der Waals surface area contributed by atoms with Gasteiger partial charge in [0.05, 0.1) is 24.7 Å². The minimum Gasteiger partial charge on any atom is -0.469 e. The molecule has 100 valence electrons. The molecule has 0 aromatic heterocycles. The van der Waals surface area contributed by atoms with Crippen LogP contribution in [0.2, 0.25) is 0 Å². The van der Waals surface area contributed by atoms with E-state index in [0.29, 0.717) is 6.42 Å². The summed E-state index contributed by atoms with van der Waals surface area (Å²) in [6.45, 7) is 9.60. The molecule has 1 N–H and O–H groups in total. The number of hydrogen-bond acceptors (Lipinski definition) is 4. The van der Waals surface area contributed by atoms with Crippen molar-refractivity contribution in [2.24, 2.45) is 11.3 Å². The van der Waals surface area contributed by atoms with Crippen molar-refractivity contribution in [2.75, 3.05) is 13.7 Å². The van der Waals surface area contributed by atoms with Gasteiger partial charge in [-0.2, -0.15) is 0 Å². The maximum Gasteiger partial charge on any atom is 0.314 e. The Morgan fingerprint density at radius 3 is 2.29 bits per heavy atom. The molecule has 0 aliphatic carbocycles. The molecule has 17 heavy (non-hydrogen) atoms. The molecular weight excluding hydrogens is 220 g/mol. The van der Waals surface area contributed by atoms with Crippen molar-refractivity contribution in [3.63, 3.8) is 0 Å². The second-order valence-corrected chi connectivity index (χ2v) is 6.11.